The van der Waals surface area contributed by atoms with Crippen molar-refractivity contribution in [3.63, 3.8) is 0 Å². The summed E-state index contributed by atoms with van der Waals surface area (Å²) in [6.45, 7) is 10.5. The van der Waals surface area contributed by atoms with Crippen molar-refractivity contribution in [1.82, 2.24) is 15.0 Å². The second-order valence-corrected chi connectivity index (χ2v) is 10.4. The van der Waals surface area contributed by atoms with E-state index in [9.17, 15) is 4.79 Å². The first-order valence-corrected chi connectivity index (χ1v) is 11.4. The van der Waals surface area contributed by atoms with E-state index in [2.05, 4.69) is 30.8 Å². The summed E-state index contributed by atoms with van der Waals surface area (Å²) in [4.78, 5) is 17.4. The first kappa shape index (κ1) is 21.7. The zero-order valence-corrected chi connectivity index (χ0v) is 19.4. The van der Waals surface area contributed by atoms with Gasteiger partial charge in [-0.15, -0.1) is 0 Å². The van der Waals surface area contributed by atoms with Crippen molar-refractivity contribution in [2.45, 2.75) is 46.6 Å². The Kier molecular flexibility index (Phi) is 6.16. The number of carbonyl (C=O) groups is 1. The van der Waals surface area contributed by atoms with Crippen molar-refractivity contribution in [3.05, 3.63) is 50.8 Å². The van der Waals surface area contributed by atoms with E-state index in [0.717, 1.165) is 55.8 Å². The van der Waals surface area contributed by atoms with Crippen molar-refractivity contribution in [2.75, 3.05) is 26.2 Å². The maximum Gasteiger partial charge on any atom is 0.276 e. The number of rotatable bonds is 3. The number of nitrogens with zero attached hydrogens (tertiary/aromatic N) is 3. The Labute approximate surface area is 188 Å². The summed E-state index contributed by atoms with van der Waals surface area (Å²) >= 11 is 12.3. The fraction of sp³-hybridized carbons (Fsp3) is 0.565. The van der Waals surface area contributed by atoms with Crippen molar-refractivity contribution in [3.8, 4) is 0 Å². The third-order valence-corrected chi connectivity index (χ3v) is 7.12. The van der Waals surface area contributed by atoms with Crippen LogP contribution in [0.25, 0.3) is 0 Å². The van der Waals surface area contributed by atoms with Crippen LogP contribution in [0.4, 0.5) is 0 Å². The number of fused-ring (bicyclic) bond motifs is 1. The molecular weight excluding hydrogens is 421 g/mol. The zero-order chi connectivity index (χ0) is 21.5. The van der Waals surface area contributed by atoms with Gasteiger partial charge in [-0.2, -0.15) is 0 Å². The predicted octanol–water partition coefficient (Wildman–Crippen LogP) is 5.09. The Morgan fingerprint density at radius 1 is 1.20 bits per heavy atom. The summed E-state index contributed by atoms with van der Waals surface area (Å²) in [5, 5.41) is 5.51. The maximum atomic E-state index is 13.2. The highest BCUT2D eigenvalue weighted by Gasteiger charge is 2.35. The smallest absolute Gasteiger partial charge is 0.276 e. The van der Waals surface area contributed by atoms with Crippen LogP contribution in [-0.4, -0.2) is 47.0 Å². The molecule has 1 atom stereocenters. The molecule has 7 heteroatoms. The largest absolute Gasteiger partial charge is 0.360 e. The van der Waals surface area contributed by atoms with Crippen molar-refractivity contribution < 1.29 is 9.32 Å². The lowest BCUT2D eigenvalue weighted by Gasteiger charge is -2.35. The molecule has 5 nitrogen and oxygen atoms in total. The van der Waals surface area contributed by atoms with Crippen LogP contribution < -0.4 is 0 Å². The molecule has 0 radical (unpaired) electrons. The molecule has 1 amide bonds. The summed E-state index contributed by atoms with van der Waals surface area (Å²) in [7, 11) is 0. The minimum atomic E-state index is -0.00117. The summed E-state index contributed by atoms with van der Waals surface area (Å²) in [5.74, 6) is 1.44. The second kappa shape index (κ2) is 8.52. The number of benzene rings is 1. The molecule has 0 saturated carbocycles. The van der Waals surface area contributed by atoms with E-state index in [1.54, 1.807) is 6.07 Å². The van der Waals surface area contributed by atoms with Gasteiger partial charge in [-0.25, -0.2) is 0 Å². The lowest BCUT2D eigenvalue weighted by molar-refractivity contribution is 0.0617. The van der Waals surface area contributed by atoms with E-state index in [1.807, 2.05) is 17.0 Å². The highest BCUT2D eigenvalue weighted by Crippen LogP contribution is 2.38. The van der Waals surface area contributed by atoms with Gasteiger partial charge in [-0.3, -0.25) is 9.69 Å². The predicted molar refractivity (Wildman–Crippen MR) is 119 cm³/mol. The molecule has 1 aromatic heterocycles. The van der Waals surface area contributed by atoms with E-state index < -0.39 is 0 Å². The lowest BCUT2D eigenvalue weighted by atomic mass is 9.71. The van der Waals surface area contributed by atoms with Crippen molar-refractivity contribution in [2.24, 2.45) is 11.3 Å². The summed E-state index contributed by atoms with van der Waals surface area (Å²) in [5.41, 5.74) is 2.82. The fourth-order valence-corrected chi connectivity index (χ4v) is 4.93. The fourth-order valence-electron chi connectivity index (χ4n) is 4.46. The molecule has 2 heterocycles. The summed E-state index contributed by atoms with van der Waals surface area (Å²) in [6, 6.07) is 5.60. The topological polar surface area (TPSA) is 49.6 Å². The maximum absolute atomic E-state index is 13.2. The number of carbonyl (C=O) groups excluding carboxylic acids is 1. The Morgan fingerprint density at radius 2 is 1.93 bits per heavy atom. The van der Waals surface area contributed by atoms with E-state index in [1.165, 1.54) is 0 Å². The Bertz CT molecular complexity index is 927. The monoisotopic (exact) mass is 449 g/mol. The number of aryl methyl sites for hydroxylation is 1. The van der Waals surface area contributed by atoms with Crippen LogP contribution in [0.15, 0.2) is 22.7 Å². The molecule has 1 aliphatic heterocycles. The van der Waals surface area contributed by atoms with E-state index in [4.69, 9.17) is 27.7 Å². The summed E-state index contributed by atoms with van der Waals surface area (Å²) < 4.78 is 5.55. The van der Waals surface area contributed by atoms with Gasteiger partial charge in [0.2, 0.25) is 0 Å². The molecule has 1 unspecified atom stereocenters. The molecule has 162 valence electrons. The number of hydrogen-bond donors (Lipinski definition) is 0. The molecule has 1 saturated heterocycles. The Balaban J connectivity index is 1.39. The van der Waals surface area contributed by atoms with Crippen molar-refractivity contribution in [1.29, 1.82) is 0 Å². The number of aromatic nitrogens is 1. The van der Waals surface area contributed by atoms with Gasteiger partial charge >= 0.3 is 0 Å². The van der Waals surface area contributed by atoms with Crippen LogP contribution in [0.2, 0.25) is 10.0 Å². The van der Waals surface area contributed by atoms with Gasteiger partial charge in [0.05, 0.1) is 0 Å². The van der Waals surface area contributed by atoms with Gasteiger partial charge in [0.15, 0.2) is 5.69 Å². The molecule has 30 heavy (non-hydrogen) atoms. The lowest BCUT2D eigenvalue weighted by Crippen LogP contribution is -2.48. The molecular formula is C23H29Cl2N3O2. The first-order valence-electron chi connectivity index (χ1n) is 10.7. The SMILES string of the molecule is CC(C)(C)C1CCc2onc(C(=O)N3CCN(Cc4ccc(Cl)cc4Cl)CC3)c2C1. The molecule has 0 bridgehead atoms. The van der Waals surface area contributed by atoms with Crippen LogP contribution in [0.3, 0.4) is 0 Å². The standard InChI is InChI=1S/C23H29Cl2N3O2/c1-23(2,3)16-5-7-20-18(12-16)21(26-30-20)22(29)28-10-8-27(9-11-28)14-15-4-6-17(24)13-19(15)25/h4,6,13,16H,5,7-12,14H2,1-3H3. The van der Waals surface area contributed by atoms with Gasteiger partial charge in [0.1, 0.15) is 5.76 Å². The quantitative estimate of drug-likeness (QED) is 0.654. The molecule has 2 aromatic rings. The van der Waals surface area contributed by atoms with Gasteiger partial charge in [-0.1, -0.05) is 55.2 Å². The molecule has 4 rings (SSSR count). The van der Waals surface area contributed by atoms with Gasteiger partial charge < -0.3 is 9.42 Å². The third kappa shape index (κ3) is 4.53. The molecule has 0 spiro atoms. The van der Waals surface area contributed by atoms with Crippen LogP contribution in [0, 0.1) is 11.3 Å². The normalized spacial score (nSPS) is 20.3. The molecule has 2 aliphatic rings. The Morgan fingerprint density at radius 3 is 2.60 bits per heavy atom. The molecule has 1 aromatic carbocycles. The average Bonchev–Trinajstić information content (AvgIpc) is 3.13. The number of amides is 1. The van der Waals surface area contributed by atoms with Crippen LogP contribution in [0.1, 0.15) is 54.6 Å². The highest BCUT2D eigenvalue weighted by molar-refractivity contribution is 6.35. The number of piperazine rings is 1. The van der Waals surface area contributed by atoms with Gasteiger partial charge in [0, 0.05) is 54.8 Å². The Hall–Kier alpha value is -1.56. The minimum absolute atomic E-state index is 0.00117. The van der Waals surface area contributed by atoms with E-state index in [-0.39, 0.29) is 11.3 Å². The van der Waals surface area contributed by atoms with Crippen LogP contribution >= 0.6 is 23.2 Å². The summed E-state index contributed by atoms with van der Waals surface area (Å²) in [6.07, 6.45) is 2.83. The zero-order valence-electron chi connectivity index (χ0n) is 17.9. The average molecular weight is 450 g/mol. The third-order valence-electron chi connectivity index (χ3n) is 6.54. The van der Waals surface area contributed by atoms with Crippen molar-refractivity contribution >= 4 is 29.1 Å². The van der Waals surface area contributed by atoms with E-state index >= 15 is 0 Å². The number of halogens is 2. The van der Waals surface area contributed by atoms with E-state index in [0.29, 0.717) is 34.7 Å². The van der Waals surface area contributed by atoms with Gasteiger partial charge in [0.25, 0.3) is 5.91 Å². The van der Waals surface area contributed by atoms with Crippen LogP contribution in [-0.2, 0) is 19.4 Å². The molecule has 0 N–H and O–H groups in total. The second-order valence-electron chi connectivity index (χ2n) is 9.54. The minimum Gasteiger partial charge on any atom is -0.360 e. The molecule has 1 fully saturated rings. The number of hydrogen-bond acceptors (Lipinski definition) is 4. The first-order chi connectivity index (χ1) is 14.2. The molecule has 1 aliphatic carbocycles. The highest BCUT2D eigenvalue weighted by atomic mass is 35.5. The van der Waals surface area contributed by atoms with Gasteiger partial charge in [-0.05, 0) is 41.9 Å². The van der Waals surface area contributed by atoms with Crippen LogP contribution in [0.5, 0.6) is 0 Å².